The number of nitrogens with zero attached hydrogens (tertiary/aromatic N) is 4. The number of benzene rings is 1. The second-order valence-corrected chi connectivity index (χ2v) is 9.05. The van der Waals surface area contributed by atoms with Gasteiger partial charge in [0, 0.05) is 42.9 Å². The lowest BCUT2D eigenvalue weighted by Gasteiger charge is -2.06. The van der Waals surface area contributed by atoms with Crippen molar-refractivity contribution in [2.24, 2.45) is 0 Å². The number of carbonyl (C=O) groups excluding carboxylic acids is 1. The number of thiazole rings is 1. The van der Waals surface area contributed by atoms with Gasteiger partial charge in [-0.15, -0.1) is 23.2 Å². The van der Waals surface area contributed by atoms with E-state index in [2.05, 4.69) is 39.1 Å². The van der Waals surface area contributed by atoms with Crippen molar-refractivity contribution in [1.82, 2.24) is 19.7 Å². The molecule has 1 N–H and O–H groups in total. The first-order valence-electron chi connectivity index (χ1n) is 9.99. The highest BCUT2D eigenvalue weighted by Gasteiger charge is 2.10. The van der Waals surface area contributed by atoms with Crippen LogP contribution in [-0.4, -0.2) is 31.4 Å². The molecular formula is C23H21N5OS2. The molecule has 0 aliphatic heterocycles. The van der Waals surface area contributed by atoms with E-state index in [-0.39, 0.29) is 5.91 Å². The molecule has 4 aromatic rings. The molecule has 6 nitrogen and oxygen atoms in total. The van der Waals surface area contributed by atoms with Crippen LogP contribution in [0.3, 0.4) is 0 Å². The van der Waals surface area contributed by atoms with E-state index in [9.17, 15) is 4.79 Å². The molecule has 1 aromatic carbocycles. The topological polar surface area (TPSA) is 72.7 Å². The van der Waals surface area contributed by atoms with Crippen molar-refractivity contribution in [1.29, 1.82) is 0 Å². The van der Waals surface area contributed by atoms with E-state index in [0.29, 0.717) is 11.4 Å². The average Bonchev–Trinajstić information content (AvgIpc) is 3.46. The zero-order valence-electron chi connectivity index (χ0n) is 17.0. The van der Waals surface area contributed by atoms with Crippen molar-refractivity contribution in [3.63, 3.8) is 0 Å². The number of rotatable bonds is 7. The zero-order chi connectivity index (χ0) is 21.5. The standard InChI is InChI=1S/C23H21N5OS2/c1-2-3-4-5-6-14-30-23-27-19-10-9-18(15-20(19)31-23)26-22(29)17-8-11-21(24-16-17)28-13-7-12-25-28/h7-13,15-16H,2-3,6,14H2,1H3,(H,26,29). The van der Waals surface area contributed by atoms with Gasteiger partial charge in [0.25, 0.3) is 5.91 Å². The average molecular weight is 448 g/mol. The molecule has 0 atom stereocenters. The molecule has 4 rings (SSSR count). The summed E-state index contributed by atoms with van der Waals surface area (Å²) in [5.74, 6) is 7.75. The molecule has 0 bridgehead atoms. The fourth-order valence-electron chi connectivity index (χ4n) is 2.80. The molecular weight excluding hydrogens is 426 g/mol. The van der Waals surface area contributed by atoms with E-state index in [4.69, 9.17) is 0 Å². The molecule has 0 aliphatic rings. The minimum Gasteiger partial charge on any atom is -0.322 e. The van der Waals surface area contributed by atoms with Gasteiger partial charge in [0.1, 0.15) is 0 Å². The van der Waals surface area contributed by atoms with Gasteiger partial charge in [0.2, 0.25) is 0 Å². The SMILES string of the molecule is CCCC#CCCSc1nc2ccc(NC(=O)c3ccc(-n4cccn4)nc3)cc2s1. The first kappa shape index (κ1) is 21.1. The quantitative estimate of drug-likeness (QED) is 0.233. The Morgan fingerprint density at radius 2 is 2.13 bits per heavy atom. The number of carbonyl (C=O) groups is 1. The summed E-state index contributed by atoms with van der Waals surface area (Å²) in [7, 11) is 0. The maximum absolute atomic E-state index is 12.6. The second-order valence-electron chi connectivity index (χ2n) is 6.67. The van der Waals surface area contributed by atoms with Crippen LogP contribution >= 0.6 is 23.1 Å². The van der Waals surface area contributed by atoms with E-state index < -0.39 is 0 Å². The van der Waals surface area contributed by atoms with E-state index in [1.54, 1.807) is 58.5 Å². The van der Waals surface area contributed by atoms with Gasteiger partial charge in [-0.05, 0) is 42.8 Å². The van der Waals surface area contributed by atoms with Crippen molar-refractivity contribution in [2.75, 3.05) is 11.1 Å². The van der Waals surface area contributed by atoms with Crippen LogP contribution in [0.1, 0.15) is 36.5 Å². The summed E-state index contributed by atoms with van der Waals surface area (Å²) in [6.07, 6.45) is 7.97. The Balaban J connectivity index is 1.38. The molecule has 0 saturated heterocycles. The third-order valence-electron chi connectivity index (χ3n) is 4.33. The largest absolute Gasteiger partial charge is 0.322 e. The van der Waals surface area contributed by atoms with Crippen LogP contribution in [0.2, 0.25) is 0 Å². The van der Waals surface area contributed by atoms with Gasteiger partial charge in [-0.3, -0.25) is 4.79 Å². The van der Waals surface area contributed by atoms with Crippen LogP contribution in [0.25, 0.3) is 16.0 Å². The number of thioether (sulfide) groups is 1. The van der Waals surface area contributed by atoms with E-state index in [0.717, 1.165) is 45.3 Å². The molecule has 3 heterocycles. The van der Waals surface area contributed by atoms with Crippen LogP contribution in [0.5, 0.6) is 0 Å². The molecule has 0 saturated carbocycles. The number of hydrogen-bond donors (Lipinski definition) is 1. The predicted octanol–water partition coefficient (Wildman–Crippen LogP) is 5.42. The molecule has 0 unspecified atom stereocenters. The summed E-state index contributed by atoms with van der Waals surface area (Å²) >= 11 is 3.36. The summed E-state index contributed by atoms with van der Waals surface area (Å²) in [6, 6.07) is 11.1. The Labute approximate surface area is 189 Å². The first-order chi connectivity index (χ1) is 15.2. The number of nitrogens with one attached hydrogen (secondary N) is 1. The molecule has 156 valence electrons. The van der Waals surface area contributed by atoms with Gasteiger partial charge in [0.15, 0.2) is 10.2 Å². The maximum Gasteiger partial charge on any atom is 0.257 e. The monoisotopic (exact) mass is 447 g/mol. The van der Waals surface area contributed by atoms with Gasteiger partial charge < -0.3 is 5.32 Å². The van der Waals surface area contributed by atoms with Crippen LogP contribution in [0, 0.1) is 11.8 Å². The number of amides is 1. The molecule has 3 aromatic heterocycles. The third-order valence-corrected chi connectivity index (χ3v) is 6.49. The predicted molar refractivity (Wildman–Crippen MR) is 127 cm³/mol. The fourth-order valence-corrected chi connectivity index (χ4v) is 4.83. The molecule has 0 spiro atoms. The molecule has 8 heteroatoms. The van der Waals surface area contributed by atoms with Crippen LogP contribution < -0.4 is 5.32 Å². The second kappa shape index (κ2) is 10.2. The summed E-state index contributed by atoms with van der Waals surface area (Å²) in [5.41, 5.74) is 2.16. The van der Waals surface area contributed by atoms with Gasteiger partial charge in [-0.2, -0.15) is 5.10 Å². The lowest BCUT2D eigenvalue weighted by Crippen LogP contribution is -2.12. The van der Waals surface area contributed by atoms with Crippen molar-refractivity contribution in [3.8, 4) is 17.7 Å². The van der Waals surface area contributed by atoms with Crippen molar-refractivity contribution in [2.45, 2.75) is 30.5 Å². The van der Waals surface area contributed by atoms with E-state index >= 15 is 0 Å². The fraction of sp³-hybridized carbons (Fsp3) is 0.217. The minimum atomic E-state index is -0.205. The molecule has 1 amide bonds. The number of aromatic nitrogens is 4. The van der Waals surface area contributed by atoms with Gasteiger partial charge in [-0.1, -0.05) is 18.7 Å². The number of anilines is 1. The molecule has 31 heavy (non-hydrogen) atoms. The van der Waals surface area contributed by atoms with Gasteiger partial charge in [0.05, 0.1) is 15.8 Å². The smallest absolute Gasteiger partial charge is 0.257 e. The highest BCUT2D eigenvalue weighted by molar-refractivity contribution is 8.01. The summed E-state index contributed by atoms with van der Waals surface area (Å²) in [4.78, 5) is 21.6. The highest BCUT2D eigenvalue weighted by atomic mass is 32.2. The van der Waals surface area contributed by atoms with Crippen LogP contribution in [0.15, 0.2) is 59.3 Å². The third kappa shape index (κ3) is 5.51. The minimum absolute atomic E-state index is 0.205. The Morgan fingerprint density at radius 1 is 1.23 bits per heavy atom. The van der Waals surface area contributed by atoms with Crippen molar-refractivity contribution in [3.05, 3.63) is 60.6 Å². The summed E-state index contributed by atoms with van der Waals surface area (Å²) < 4.78 is 3.71. The first-order valence-corrected chi connectivity index (χ1v) is 11.8. The highest BCUT2D eigenvalue weighted by Crippen LogP contribution is 2.31. The molecule has 0 radical (unpaired) electrons. The summed E-state index contributed by atoms with van der Waals surface area (Å²) in [5, 5.41) is 7.07. The summed E-state index contributed by atoms with van der Waals surface area (Å²) in [6.45, 7) is 2.14. The van der Waals surface area contributed by atoms with Crippen LogP contribution in [-0.2, 0) is 0 Å². The number of unbranched alkanes of at least 4 members (excludes halogenated alkanes) is 1. The lowest BCUT2D eigenvalue weighted by atomic mass is 10.2. The maximum atomic E-state index is 12.6. The normalized spacial score (nSPS) is 10.6. The van der Waals surface area contributed by atoms with Gasteiger partial charge in [-0.25, -0.2) is 14.6 Å². The zero-order valence-corrected chi connectivity index (χ0v) is 18.7. The Hall–Kier alpha value is -3.15. The van der Waals surface area contributed by atoms with Crippen LogP contribution in [0.4, 0.5) is 5.69 Å². The van der Waals surface area contributed by atoms with E-state index in [1.165, 1.54) is 0 Å². The lowest BCUT2D eigenvalue weighted by molar-refractivity contribution is 0.102. The Kier molecular flexibility index (Phi) is 6.97. The number of pyridine rings is 1. The number of fused-ring (bicyclic) bond motifs is 1. The molecule has 0 fully saturated rings. The molecule has 0 aliphatic carbocycles. The van der Waals surface area contributed by atoms with Crippen molar-refractivity contribution < 1.29 is 4.79 Å². The Morgan fingerprint density at radius 3 is 2.90 bits per heavy atom. The Bertz CT molecular complexity index is 1220. The van der Waals surface area contributed by atoms with Crippen molar-refractivity contribution >= 4 is 44.9 Å². The van der Waals surface area contributed by atoms with Gasteiger partial charge >= 0.3 is 0 Å². The van der Waals surface area contributed by atoms with E-state index in [1.807, 2.05) is 24.3 Å². The number of hydrogen-bond acceptors (Lipinski definition) is 6.